The quantitative estimate of drug-likeness (QED) is 0.408. The van der Waals surface area contributed by atoms with Crippen LogP contribution in [0.5, 0.6) is 0 Å². The summed E-state index contributed by atoms with van der Waals surface area (Å²) in [6, 6.07) is 0. The van der Waals surface area contributed by atoms with E-state index in [0.717, 1.165) is 11.5 Å². The molecule has 0 aromatic heterocycles. The highest BCUT2D eigenvalue weighted by molar-refractivity contribution is 5.92. The van der Waals surface area contributed by atoms with Crippen LogP contribution in [0.3, 0.4) is 0 Å². The van der Waals surface area contributed by atoms with Gasteiger partial charge in [-0.3, -0.25) is 4.99 Å². The van der Waals surface area contributed by atoms with Crippen LogP contribution in [-0.4, -0.2) is 19.9 Å². The van der Waals surface area contributed by atoms with E-state index in [0.29, 0.717) is 0 Å². The molecule has 0 aliphatic carbocycles. The summed E-state index contributed by atoms with van der Waals surface area (Å²) in [6.45, 7) is 3.83. The zero-order chi connectivity index (χ0) is 7.28. The molecule has 0 saturated carbocycles. The molecule has 52 valence electrons. The Kier molecular flexibility index (Phi) is 3.76. The number of hydrogen-bond donors (Lipinski definition) is 0. The van der Waals surface area contributed by atoms with Crippen molar-refractivity contribution < 1.29 is 4.74 Å². The molecule has 0 rings (SSSR count). The monoisotopic (exact) mass is 127 g/mol. The average Bonchev–Trinajstić information content (AvgIpc) is 1.87. The van der Waals surface area contributed by atoms with Crippen LogP contribution in [0, 0.1) is 0 Å². The molecule has 0 amide bonds. The van der Waals surface area contributed by atoms with Gasteiger partial charge in [0.1, 0.15) is 0 Å². The number of hydrogen-bond acceptors (Lipinski definition) is 2. The van der Waals surface area contributed by atoms with E-state index in [1.807, 2.05) is 19.9 Å². The summed E-state index contributed by atoms with van der Waals surface area (Å²) >= 11 is 0. The van der Waals surface area contributed by atoms with Gasteiger partial charge in [-0.1, -0.05) is 0 Å². The van der Waals surface area contributed by atoms with Gasteiger partial charge in [0.25, 0.3) is 0 Å². The Morgan fingerprint density at radius 2 is 2.00 bits per heavy atom. The second kappa shape index (κ2) is 4.13. The van der Waals surface area contributed by atoms with E-state index in [9.17, 15) is 0 Å². The van der Waals surface area contributed by atoms with Crippen molar-refractivity contribution in [2.75, 3.05) is 14.2 Å². The van der Waals surface area contributed by atoms with Crippen LogP contribution >= 0.6 is 0 Å². The Labute approximate surface area is 56.2 Å². The van der Waals surface area contributed by atoms with Crippen molar-refractivity contribution in [1.29, 1.82) is 0 Å². The summed E-state index contributed by atoms with van der Waals surface area (Å²) in [4.78, 5) is 3.94. The molecule has 0 heterocycles. The van der Waals surface area contributed by atoms with Gasteiger partial charge in [-0.15, -0.1) is 0 Å². The van der Waals surface area contributed by atoms with Gasteiger partial charge in [-0.05, 0) is 19.9 Å². The maximum atomic E-state index is 4.90. The van der Waals surface area contributed by atoms with E-state index >= 15 is 0 Å². The molecule has 0 spiro atoms. The summed E-state index contributed by atoms with van der Waals surface area (Å²) in [5, 5.41) is 0. The maximum absolute atomic E-state index is 4.90. The zero-order valence-corrected chi connectivity index (χ0v) is 6.43. The summed E-state index contributed by atoms with van der Waals surface area (Å²) < 4.78 is 4.90. The Morgan fingerprint density at radius 1 is 1.44 bits per heavy atom. The van der Waals surface area contributed by atoms with Gasteiger partial charge in [0, 0.05) is 12.8 Å². The molecule has 0 radical (unpaired) electrons. The maximum Gasteiger partial charge on any atom is 0.0942 e. The number of ether oxygens (including phenoxy) is 1. The van der Waals surface area contributed by atoms with Crippen LogP contribution in [-0.2, 0) is 4.74 Å². The highest BCUT2D eigenvalue weighted by Crippen LogP contribution is 1.92. The third kappa shape index (κ3) is 3.76. The van der Waals surface area contributed by atoms with E-state index in [4.69, 9.17) is 4.74 Å². The Bertz CT molecular complexity index is 136. The van der Waals surface area contributed by atoms with Crippen LogP contribution in [0.4, 0.5) is 0 Å². The van der Waals surface area contributed by atoms with E-state index in [1.54, 1.807) is 14.2 Å². The fourth-order valence-corrected chi connectivity index (χ4v) is 0.418. The Balaban J connectivity index is 3.95. The van der Waals surface area contributed by atoms with E-state index in [2.05, 4.69) is 4.99 Å². The molecular weight excluding hydrogens is 114 g/mol. The van der Waals surface area contributed by atoms with E-state index in [-0.39, 0.29) is 0 Å². The van der Waals surface area contributed by atoms with Crippen LogP contribution in [0.1, 0.15) is 13.8 Å². The van der Waals surface area contributed by atoms with Crippen molar-refractivity contribution in [1.82, 2.24) is 0 Å². The topological polar surface area (TPSA) is 21.6 Å². The van der Waals surface area contributed by atoms with Crippen LogP contribution < -0.4 is 0 Å². The van der Waals surface area contributed by atoms with Gasteiger partial charge in [-0.25, -0.2) is 0 Å². The first-order valence-electron chi connectivity index (χ1n) is 2.86. The average molecular weight is 127 g/mol. The van der Waals surface area contributed by atoms with Gasteiger partial charge in [0.15, 0.2) is 0 Å². The number of nitrogens with zero attached hydrogens (tertiary/aromatic N) is 1. The Hall–Kier alpha value is -0.790. The third-order valence-corrected chi connectivity index (χ3v) is 1.09. The van der Waals surface area contributed by atoms with Crippen molar-refractivity contribution in [2.45, 2.75) is 13.8 Å². The first-order valence-corrected chi connectivity index (χ1v) is 2.86. The molecule has 0 aromatic carbocycles. The fourth-order valence-electron chi connectivity index (χ4n) is 0.418. The number of aliphatic imine (C=N–C) groups is 1. The van der Waals surface area contributed by atoms with Crippen molar-refractivity contribution >= 4 is 5.71 Å². The standard InChI is InChI=1S/C7H13NO/c1-6(8-3)5-7(2)9-4/h5H,1-4H3/b7-5-,8-6?. The van der Waals surface area contributed by atoms with E-state index < -0.39 is 0 Å². The van der Waals surface area contributed by atoms with Crippen molar-refractivity contribution in [3.8, 4) is 0 Å². The molecule has 0 bridgehead atoms. The summed E-state index contributed by atoms with van der Waals surface area (Å²) in [5.74, 6) is 0.887. The molecular formula is C7H13NO. The normalized spacial score (nSPS) is 13.8. The molecule has 0 aliphatic rings. The minimum atomic E-state index is 0.887. The predicted octanol–water partition coefficient (Wildman–Crippen LogP) is 1.63. The van der Waals surface area contributed by atoms with Crippen LogP contribution in [0.15, 0.2) is 16.8 Å². The summed E-state index contributed by atoms with van der Waals surface area (Å²) in [6.07, 6.45) is 1.89. The fraction of sp³-hybridized carbons (Fsp3) is 0.571. The zero-order valence-electron chi connectivity index (χ0n) is 6.43. The lowest BCUT2D eigenvalue weighted by Gasteiger charge is -1.96. The van der Waals surface area contributed by atoms with Gasteiger partial charge in [0.05, 0.1) is 12.9 Å². The van der Waals surface area contributed by atoms with Crippen LogP contribution in [0.25, 0.3) is 0 Å². The van der Waals surface area contributed by atoms with Crippen molar-refractivity contribution in [3.63, 3.8) is 0 Å². The molecule has 0 atom stereocenters. The highest BCUT2D eigenvalue weighted by atomic mass is 16.5. The first kappa shape index (κ1) is 8.21. The lowest BCUT2D eigenvalue weighted by Crippen LogP contribution is -1.87. The number of methoxy groups -OCH3 is 1. The molecule has 0 N–H and O–H groups in total. The minimum absolute atomic E-state index is 0.887. The largest absolute Gasteiger partial charge is 0.501 e. The summed E-state index contributed by atoms with van der Waals surface area (Å²) in [7, 11) is 3.41. The second-order valence-electron chi connectivity index (χ2n) is 1.82. The molecule has 0 unspecified atom stereocenters. The molecule has 2 nitrogen and oxygen atoms in total. The van der Waals surface area contributed by atoms with Crippen molar-refractivity contribution in [2.24, 2.45) is 4.99 Å². The number of rotatable bonds is 2. The number of allylic oxidation sites excluding steroid dienone is 2. The lowest BCUT2D eigenvalue weighted by molar-refractivity contribution is 0.294. The molecule has 0 aliphatic heterocycles. The van der Waals surface area contributed by atoms with Gasteiger partial charge in [0.2, 0.25) is 0 Å². The summed E-state index contributed by atoms with van der Waals surface area (Å²) in [5.41, 5.74) is 0.981. The SMILES string of the molecule is CN=C(C)/C=C(/C)OC. The second-order valence-corrected chi connectivity index (χ2v) is 1.82. The molecule has 2 heteroatoms. The van der Waals surface area contributed by atoms with E-state index in [1.165, 1.54) is 0 Å². The smallest absolute Gasteiger partial charge is 0.0942 e. The third-order valence-electron chi connectivity index (χ3n) is 1.09. The van der Waals surface area contributed by atoms with Gasteiger partial charge in [-0.2, -0.15) is 0 Å². The van der Waals surface area contributed by atoms with Gasteiger partial charge < -0.3 is 4.74 Å². The van der Waals surface area contributed by atoms with Gasteiger partial charge >= 0.3 is 0 Å². The first-order chi connectivity index (χ1) is 4.20. The Morgan fingerprint density at radius 3 is 2.33 bits per heavy atom. The predicted molar refractivity (Wildman–Crippen MR) is 39.8 cm³/mol. The minimum Gasteiger partial charge on any atom is -0.501 e. The lowest BCUT2D eigenvalue weighted by atomic mass is 10.3. The molecule has 9 heavy (non-hydrogen) atoms. The van der Waals surface area contributed by atoms with Crippen LogP contribution in [0.2, 0.25) is 0 Å². The molecule has 0 aromatic rings. The van der Waals surface area contributed by atoms with Crippen molar-refractivity contribution in [3.05, 3.63) is 11.8 Å². The molecule has 0 saturated heterocycles. The molecule has 0 fully saturated rings. The highest BCUT2D eigenvalue weighted by Gasteiger charge is 1.84.